The molecule has 0 saturated heterocycles. The smallest absolute Gasteiger partial charge is 0.324 e. The fraction of sp³-hybridized carbons (Fsp3) is 0.286. The topological polar surface area (TPSA) is 34.4 Å². The average Bonchev–Trinajstić information content (AvgIpc) is 2.77. The summed E-state index contributed by atoms with van der Waals surface area (Å²) in [6.07, 6.45) is -3.09. The van der Waals surface area contributed by atoms with Crippen LogP contribution in [0.15, 0.2) is 29.4 Å². The second-order valence-electron chi connectivity index (χ2n) is 4.49. The summed E-state index contributed by atoms with van der Waals surface area (Å²) >= 11 is 1.21. The van der Waals surface area contributed by atoms with E-state index in [0.717, 1.165) is 17.0 Å². The molecule has 0 unspecified atom stereocenters. The summed E-state index contributed by atoms with van der Waals surface area (Å²) in [6.45, 7) is 4.19. The highest BCUT2D eigenvalue weighted by atomic mass is 32.1. The molecule has 22 heavy (non-hydrogen) atoms. The summed E-state index contributed by atoms with van der Waals surface area (Å²) in [4.78, 5) is 17.0. The van der Waals surface area contributed by atoms with E-state index in [4.69, 9.17) is 0 Å². The lowest BCUT2D eigenvalue weighted by atomic mass is 10.1. The molecule has 118 valence electrons. The number of rotatable bonds is 2. The molecule has 3 nitrogen and oxygen atoms in total. The number of halogens is 4. The van der Waals surface area contributed by atoms with Gasteiger partial charge in [0.1, 0.15) is 5.82 Å². The minimum absolute atomic E-state index is 0.321. The van der Waals surface area contributed by atoms with Crippen molar-refractivity contribution in [3.05, 3.63) is 51.0 Å². The van der Waals surface area contributed by atoms with Gasteiger partial charge in [-0.15, -0.1) is 11.3 Å². The van der Waals surface area contributed by atoms with Gasteiger partial charge >= 0.3 is 6.18 Å². The molecule has 2 aromatic rings. The summed E-state index contributed by atoms with van der Waals surface area (Å²) in [5.74, 6) is -2.63. The lowest BCUT2D eigenvalue weighted by Crippen LogP contribution is -2.17. The highest BCUT2D eigenvalue weighted by molar-refractivity contribution is 7.09. The van der Waals surface area contributed by atoms with Gasteiger partial charge in [0, 0.05) is 17.6 Å². The van der Waals surface area contributed by atoms with Crippen LogP contribution in [0.4, 0.5) is 17.6 Å². The van der Waals surface area contributed by atoms with Gasteiger partial charge in [0.2, 0.25) is 0 Å². The van der Waals surface area contributed by atoms with Crippen LogP contribution >= 0.6 is 11.3 Å². The minimum atomic E-state index is -4.86. The molecule has 0 aliphatic carbocycles. The van der Waals surface area contributed by atoms with Crippen molar-refractivity contribution >= 4 is 17.2 Å². The Morgan fingerprint density at radius 3 is 2.64 bits per heavy atom. The van der Waals surface area contributed by atoms with E-state index in [9.17, 15) is 22.4 Å². The van der Waals surface area contributed by atoms with Crippen LogP contribution in [-0.4, -0.2) is 10.5 Å². The van der Waals surface area contributed by atoms with Gasteiger partial charge in [-0.25, -0.2) is 4.39 Å². The van der Waals surface area contributed by atoms with Crippen LogP contribution in [0.1, 0.15) is 27.7 Å². The Bertz CT molecular complexity index is 774. The maximum Gasteiger partial charge on any atom is 0.419 e. The number of hydrogen-bond acceptors (Lipinski definition) is 2. The first-order valence-corrected chi connectivity index (χ1v) is 7.17. The Labute approximate surface area is 127 Å². The van der Waals surface area contributed by atoms with Crippen LogP contribution in [0.2, 0.25) is 0 Å². The molecule has 0 spiro atoms. The molecule has 8 heteroatoms. The zero-order valence-electron chi connectivity index (χ0n) is 11.7. The molecular weight excluding hydrogens is 320 g/mol. The summed E-state index contributed by atoms with van der Waals surface area (Å²) in [6, 6.07) is 2.57. The molecule has 1 aromatic heterocycles. The summed E-state index contributed by atoms with van der Waals surface area (Å²) in [5.41, 5.74) is -2.16. The monoisotopic (exact) mass is 332 g/mol. The predicted octanol–water partition coefficient (Wildman–Crippen LogP) is 3.78. The number of aromatic nitrogens is 1. The van der Waals surface area contributed by atoms with Gasteiger partial charge in [-0.1, -0.05) is 6.07 Å². The molecule has 1 aromatic carbocycles. The van der Waals surface area contributed by atoms with Crippen molar-refractivity contribution in [1.82, 2.24) is 4.57 Å². The maximum absolute atomic E-state index is 13.9. The van der Waals surface area contributed by atoms with Gasteiger partial charge in [-0.3, -0.25) is 4.79 Å². The number of carbonyl (C=O) groups excluding carboxylic acids is 1. The molecule has 0 radical (unpaired) electrons. The number of thiazole rings is 1. The molecule has 0 aliphatic heterocycles. The lowest BCUT2D eigenvalue weighted by molar-refractivity contribution is -0.140. The molecular formula is C14H12F4N2OS. The average molecular weight is 332 g/mol. The molecule has 2 rings (SSSR count). The number of carbonyl (C=O) groups is 1. The van der Waals surface area contributed by atoms with E-state index in [-0.39, 0.29) is 0 Å². The van der Waals surface area contributed by atoms with Gasteiger partial charge in [0.05, 0.1) is 11.1 Å². The van der Waals surface area contributed by atoms with E-state index in [0.29, 0.717) is 17.4 Å². The van der Waals surface area contributed by atoms with Crippen molar-refractivity contribution in [1.29, 1.82) is 0 Å². The highest BCUT2D eigenvalue weighted by Gasteiger charge is 2.35. The SMILES string of the molecule is CCn1cc(C)s/c1=N\C(=O)c1cccc(C(F)(F)F)c1F. The molecule has 0 saturated carbocycles. The van der Waals surface area contributed by atoms with Crippen molar-refractivity contribution in [2.24, 2.45) is 4.99 Å². The van der Waals surface area contributed by atoms with Gasteiger partial charge in [-0.2, -0.15) is 18.2 Å². The van der Waals surface area contributed by atoms with Crippen molar-refractivity contribution < 1.29 is 22.4 Å². The first-order chi connectivity index (χ1) is 10.2. The number of alkyl halides is 3. The van der Waals surface area contributed by atoms with Crippen molar-refractivity contribution in [2.45, 2.75) is 26.6 Å². The van der Waals surface area contributed by atoms with Crippen LogP contribution in [0.25, 0.3) is 0 Å². The Balaban J connectivity index is 2.51. The van der Waals surface area contributed by atoms with Gasteiger partial charge in [0.15, 0.2) is 4.80 Å². The quantitative estimate of drug-likeness (QED) is 0.771. The van der Waals surface area contributed by atoms with E-state index in [1.807, 2.05) is 13.8 Å². The molecule has 0 bridgehead atoms. The van der Waals surface area contributed by atoms with E-state index >= 15 is 0 Å². The molecule has 1 amide bonds. The largest absolute Gasteiger partial charge is 0.419 e. The molecule has 0 N–H and O–H groups in total. The molecule has 0 atom stereocenters. The number of aryl methyl sites for hydroxylation is 2. The first-order valence-electron chi connectivity index (χ1n) is 6.35. The van der Waals surface area contributed by atoms with Gasteiger partial charge < -0.3 is 4.57 Å². The van der Waals surface area contributed by atoms with E-state index in [2.05, 4.69) is 4.99 Å². The second kappa shape index (κ2) is 6.04. The third kappa shape index (κ3) is 3.27. The Hall–Kier alpha value is -1.96. The zero-order chi connectivity index (χ0) is 16.5. The minimum Gasteiger partial charge on any atom is -0.324 e. The number of benzene rings is 1. The van der Waals surface area contributed by atoms with E-state index in [1.54, 1.807) is 10.8 Å². The zero-order valence-corrected chi connectivity index (χ0v) is 12.6. The first kappa shape index (κ1) is 16.4. The predicted molar refractivity (Wildman–Crippen MR) is 74.0 cm³/mol. The molecule has 0 fully saturated rings. The van der Waals surface area contributed by atoms with Gasteiger partial charge in [0.25, 0.3) is 5.91 Å². The van der Waals surface area contributed by atoms with E-state index < -0.39 is 29.0 Å². The number of hydrogen-bond donors (Lipinski definition) is 0. The molecule has 1 heterocycles. The third-order valence-corrected chi connectivity index (χ3v) is 3.84. The Morgan fingerprint density at radius 1 is 1.36 bits per heavy atom. The normalized spacial score (nSPS) is 12.7. The van der Waals surface area contributed by atoms with Crippen LogP contribution in [0.3, 0.4) is 0 Å². The fourth-order valence-electron chi connectivity index (χ4n) is 1.88. The van der Waals surface area contributed by atoms with Crippen LogP contribution < -0.4 is 4.80 Å². The number of amides is 1. The third-order valence-electron chi connectivity index (χ3n) is 2.91. The van der Waals surface area contributed by atoms with Crippen LogP contribution in [0.5, 0.6) is 0 Å². The summed E-state index contributed by atoms with van der Waals surface area (Å²) in [7, 11) is 0. The lowest BCUT2D eigenvalue weighted by Gasteiger charge is -2.09. The standard InChI is InChI=1S/C14H12F4N2OS/c1-3-20-7-8(2)22-13(20)19-12(21)9-5-4-6-10(11(9)15)14(16,17)18/h4-7H,3H2,1-2H3/b19-13-. The Morgan fingerprint density at radius 2 is 2.05 bits per heavy atom. The van der Waals surface area contributed by atoms with E-state index in [1.165, 1.54) is 11.3 Å². The van der Waals surface area contributed by atoms with Crippen molar-refractivity contribution in [3.8, 4) is 0 Å². The molecule has 0 aliphatic rings. The van der Waals surface area contributed by atoms with Gasteiger partial charge in [-0.05, 0) is 26.0 Å². The fourth-order valence-corrected chi connectivity index (χ4v) is 2.78. The maximum atomic E-state index is 13.9. The Kier molecular flexibility index (Phi) is 4.50. The van der Waals surface area contributed by atoms with Crippen LogP contribution in [-0.2, 0) is 12.7 Å². The van der Waals surface area contributed by atoms with Crippen molar-refractivity contribution in [3.63, 3.8) is 0 Å². The summed E-state index contributed by atoms with van der Waals surface area (Å²) in [5, 5.41) is 0. The van der Waals surface area contributed by atoms with Crippen LogP contribution in [0, 0.1) is 12.7 Å². The highest BCUT2D eigenvalue weighted by Crippen LogP contribution is 2.32. The second-order valence-corrected chi connectivity index (χ2v) is 5.71. The summed E-state index contributed by atoms with van der Waals surface area (Å²) < 4.78 is 53.5. The number of nitrogens with zero attached hydrogens (tertiary/aromatic N) is 2. The van der Waals surface area contributed by atoms with Crippen molar-refractivity contribution in [2.75, 3.05) is 0 Å².